The summed E-state index contributed by atoms with van der Waals surface area (Å²) in [7, 11) is 1.56. The molecule has 0 aliphatic carbocycles. The van der Waals surface area contributed by atoms with E-state index in [0.29, 0.717) is 22.2 Å². The van der Waals surface area contributed by atoms with Gasteiger partial charge in [-0.3, -0.25) is 9.69 Å². The zero-order chi connectivity index (χ0) is 19.5. The highest BCUT2D eigenvalue weighted by Crippen LogP contribution is 2.35. The summed E-state index contributed by atoms with van der Waals surface area (Å²) in [4.78, 5) is 19.2. The standard InChI is InChI=1S/C23H17ClN2O2/c1-28-22-12-11-20(15-25-22)26-21(17-5-3-2-4-6-17)14-18(23(26)27)13-16-7-9-19(24)10-8-16/h2-15H,1H3/b18-13+. The predicted molar refractivity (Wildman–Crippen MR) is 112 cm³/mol. The van der Waals surface area contributed by atoms with Crippen molar-refractivity contribution in [2.75, 3.05) is 12.0 Å². The van der Waals surface area contributed by atoms with E-state index in [1.54, 1.807) is 36.4 Å². The zero-order valence-electron chi connectivity index (χ0n) is 15.2. The number of halogens is 1. The van der Waals surface area contributed by atoms with E-state index >= 15 is 0 Å². The molecule has 0 bridgehead atoms. The predicted octanol–water partition coefficient (Wildman–Crippen LogP) is 5.21. The smallest absolute Gasteiger partial charge is 0.263 e. The Kier molecular flexibility index (Phi) is 4.96. The Hall–Kier alpha value is -3.37. The molecule has 5 heteroatoms. The number of ether oxygens (including phenoxy) is 1. The molecule has 1 aliphatic heterocycles. The van der Waals surface area contributed by atoms with Crippen LogP contribution in [0, 0.1) is 0 Å². The third-order valence-electron chi connectivity index (χ3n) is 4.43. The third-order valence-corrected chi connectivity index (χ3v) is 4.68. The van der Waals surface area contributed by atoms with Gasteiger partial charge in [0.2, 0.25) is 5.88 Å². The molecule has 0 radical (unpaired) electrons. The van der Waals surface area contributed by atoms with Crippen LogP contribution in [0.15, 0.2) is 84.6 Å². The van der Waals surface area contributed by atoms with Crippen molar-refractivity contribution in [1.82, 2.24) is 4.98 Å². The normalized spacial score (nSPS) is 15.1. The first-order valence-electron chi connectivity index (χ1n) is 8.74. The van der Waals surface area contributed by atoms with Crippen LogP contribution in [0.4, 0.5) is 5.69 Å². The second-order valence-electron chi connectivity index (χ2n) is 6.25. The number of amides is 1. The SMILES string of the molecule is COc1ccc(N2C(=O)/C(=C/c3ccc(Cl)cc3)C=C2c2ccccc2)cn1. The average Bonchev–Trinajstić information content (AvgIpc) is 3.06. The summed E-state index contributed by atoms with van der Waals surface area (Å²) in [5.74, 6) is 0.387. The molecule has 1 aromatic heterocycles. The Labute approximate surface area is 168 Å². The Morgan fingerprint density at radius 2 is 1.75 bits per heavy atom. The Balaban J connectivity index is 1.79. The van der Waals surface area contributed by atoms with Gasteiger partial charge in [-0.05, 0) is 41.5 Å². The summed E-state index contributed by atoms with van der Waals surface area (Å²) in [5, 5.41) is 0.659. The molecule has 0 saturated carbocycles. The van der Waals surface area contributed by atoms with Gasteiger partial charge in [0, 0.05) is 16.7 Å². The molecule has 0 unspecified atom stereocenters. The van der Waals surface area contributed by atoms with Gasteiger partial charge in [-0.25, -0.2) is 4.98 Å². The van der Waals surface area contributed by atoms with Gasteiger partial charge >= 0.3 is 0 Å². The molecule has 2 heterocycles. The highest BCUT2D eigenvalue weighted by Gasteiger charge is 2.30. The number of hydrogen-bond donors (Lipinski definition) is 0. The summed E-state index contributed by atoms with van der Waals surface area (Å²) < 4.78 is 5.13. The van der Waals surface area contributed by atoms with E-state index in [4.69, 9.17) is 16.3 Å². The molecule has 3 aromatic rings. The first kappa shape index (κ1) is 18.0. The van der Waals surface area contributed by atoms with Crippen LogP contribution in [0.25, 0.3) is 11.8 Å². The first-order valence-corrected chi connectivity index (χ1v) is 9.12. The fraction of sp³-hybridized carbons (Fsp3) is 0.0435. The molecule has 1 amide bonds. The lowest BCUT2D eigenvalue weighted by atomic mass is 10.1. The van der Waals surface area contributed by atoms with Gasteiger partial charge in [0.15, 0.2) is 0 Å². The molecule has 4 rings (SSSR count). The van der Waals surface area contributed by atoms with Crippen LogP contribution in [-0.4, -0.2) is 18.0 Å². The average molecular weight is 389 g/mol. The van der Waals surface area contributed by atoms with Crippen LogP contribution in [-0.2, 0) is 4.79 Å². The van der Waals surface area contributed by atoms with Crippen molar-refractivity contribution >= 4 is 35.0 Å². The quantitative estimate of drug-likeness (QED) is 0.576. The molecular formula is C23H17ClN2O2. The number of nitrogens with zero attached hydrogens (tertiary/aromatic N) is 2. The van der Waals surface area contributed by atoms with Crippen molar-refractivity contribution < 1.29 is 9.53 Å². The number of benzene rings is 2. The molecule has 4 nitrogen and oxygen atoms in total. The Morgan fingerprint density at radius 3 is 2.39 bits per heavy atom. The van der Waals surface area contributed by atoms with Crippen LogP contribution in [0.5, 0.6) is 5.88 Å². The first-order chi connectivity index (χ1) is 13.7. The minimum Gasteiger partial charge on any atom is -0.481 e. The number of aromatic nitrogens is 1. The molecule has 1 aliphatic rings. The minimum absolute atomic E-state index is 0.110. The molecule has 0 spiro atoms. The van der Waals surface area contributed by atoms with E-state index in [9.17, 15) is 4.79 Å². The maximum atomic E-state index is 13.2. The third kappa shape index (κ3) is 3.55. The van der Waals surface area contributed by atoms with Gasteiger partial charge in [-0.15, -0.1) is 0 Å². The van der Waals surface area contributed by atoms with Crippen molar-refractivity contribution in [1.29, 1.82) is 0 Å². The molecule has 0 saturated heterocycles. The van der Waals surface area contributed by atoms with Gasteiger partial charge in [0.05, 0.1) is 24.7 Å². The van der Waals surface area contributed by atoms with Crippen LogP contribution in [0.1, 0.15) is 11.1 Å². The van der Waals surface area contributed by atoms with Gasteiger partial charge in [-0.2, -0.15) is 0 Å². The Morgan fingerprint density at radius 1 is 1.00 bits per heavy atom. The fourth-order valence-corrected chi connectivity index (χ4v) is 3.18. The van der Waals surface area contributed by atoms with Gasteiger partial charge in [0.1, 0.15) is 0 Å². The molecule has 2 aromatic carbocycles. The monoisotopic (exact) mass is 388 g/mol. The molecular weight excluding hydrogens is 372 g/mol. The second-order valence-corrected chi connectivity index (χ2v) is 6.68. The number of rotatable bonds is 4. The summed E-state index contributed by atoms with van der Waals surface area (Å²) in [6.07, 6.45) is 5.40. The van der Waals surface area contributed by atoms with E-state index in [1.807, 2.05) is 60.7 Å². The van der Waals surface area contributed by atoms with E-state index < -0.39 is 0 Å². The van der Waals surface area contributed by atoms with Crippen molar-refractivity contribution in [2.45, 2.75) is 0 Å². The molecule has 138 valence electrons. The summed E-state index contributed by atoms with van der Waals surface area (Å²) in [6, 6.07) is 20.8. The van der Waals surface area contributed by atoms with Crippen molar-refractivity contribution in [3.05, 3.63) is 101 Å². The van der Waals surface area contributed by atoms with Gasteiger partial charge < -0.3 is 4.74 Å². The zero-order valence-corrected chi connectivity index (χ0v) is 15.9. The summed E-state index contributed by atoms with van der Waals surface area (Å²) in [6.45, 7) is 0. The summed E-state index contributed by atoms with van der Waals surface area (Å²) >= 11 is 5.96. The largest absolute Gasteiger partial charge is 0.481 e. The van der Waals surface area contributed by atoms with E-state index in [-0.39, 0.29) is 5.91 Å². The lowest BCUT2D eigenvalue weighted by Crippen LogP contribution is -2.25. The van der Waals surface area contributed by atoms with Gasteiger partial charge in [0.25, 0.3) is 5.91 Å². The molecule has 0 atom stereocenters. The maximum Gasteiger partial charge on any atom is 0.263 e. The van der Waals surface area contributed by atoms with Crippen LogP contribution < -0.4 is 9.64 Å². The lowest BCUT2D eigenvalue weighted by molar-refractivity contribution is -0.113. The number of carbonyl (C=O) groups is 1. The number of pyridine rings is 1. The van der Waals surface area contributed by atoms with Crippen molar-refractivity contribution in [3.63, 3.8) is 0 Å². The highest BCUT2D eigenvalue weighted by molar-refractivity contribution is 6.30. The highest BCUT2D eigenvalue weighted by atomic mass is 35.5. The van der Waals surface area contributed by atoms with Crippen LogP contribution >= 0.6 is 11.6 Å². The molecule has 0 fully saturated rings. The topological polar surface area (TPSA) is 42.4 Å². The maximum absolute atomic E-state index is 13.2. The van der Waals surface area contributed by atoms with E-state index in [2.05, 4.69) is 4.98 Å². The van der Waals surface area contributed by atoms with E-state index in [0.717, 1.165) is 16.8 Å². The lowest BCUT2D eigenvalue weighted by Gasteiger charge is -2.20. The Bertz CT molecular complexity index is 1060. The second kappa shape index (κ2) is 7.71. The van der Waals surface area contributed by atoms with E-state index in [1.165, 1.54) is 0 Å². The van der Waals surface area contributed by atoms with Crippen molar-refractivity contribution in [3.8, 4) is 5.88 Å². The van der Waals surface area contributed by atoms with Gasteiger partial charge in [-0.1, -0.05) is 54.1 Å². The summed E-state index contributed by atoms with van der Waals surface area (Å²) in [5.41, 5.74) is 3.94. The number of anilines is 1. The van der Waals surface area contributed by atoms with Crippen molar-refractivity contribution in [2.24, 2.45) is 0 Å². The minimum atomic E-state index is -0.110. The molecule has 0 N–H and O–H groups in total. The van der Waals surface area contributed by atoms with Crippen LogP contribution in [0.3, 0.4) is 0 Å². The number of hydrogen-bond acceptors (Lipinski definition) is 3. The molecule has 28 heavy (non-hydrogen) atoms. The number of methoxy groups -OCH3 is 1. The number of carbonyl (C=O) groups excluding carboxylic acids is 1. The fourth-order valence-electron chi connectivity index (χ4n) is 3.06. The van der Waals surface area contributed by atoms with Crippen LogP contribution in [0.2, 0.25) is 5.02 Å².